The number of benzene rings is 1. The van der Waals surface area contributed by atoms with E-state index in [1.165, 1.54) is 11.1 Å². The van der Waals surface area contributed by atoms with Gasteiger partial charge in [0.15, 0.2) is 0 Å². The molecule has 3 nitrogen and oxygen atoms in total. The minimum atomic E-state index is -2.71. The van der Waals surface area contributed by atoms with Gasteiger partial charge in [-0.15, -0.1) is 0 Å². The molecule has 96 valence electrons. The highest BCUT2D eigenvalue weighted by atomic mass is 28.4. The van der Waals surface area contributed by atoms with E-state index < -0.39 is 8.80 Å². The Labute approximate surface area is 105 Å². The Hall–Kier alpha value is -0.683. The molecule has 4 heteroatoms. The van der Waals surface area contributed by atoms with Crippen molar-refractivity contribution >= 4 is 14.0 Å². The van der Waals surface area contributed by atoms with Gasteiger partial charge in [0.25, 0.3) is 0 Å². The van der Waals surface area contributed by atoms with Crippen LogP contribution >= 0.6 is 0 Å². The summed E-state index contributed by atoms with van der Waals surface area (Å²) in [7, 11) is 2.24. The van der Waals surface area contributed by atoms with E-state index in [1.807, 2.05) is 6.07 Å². The molecule has 1 aromatic carbocycles. The summed E-state index contributed by atoms with van der Waals surface area (Å²) in [4.78, 5) is 0. The zero-order valence-corrected chi connectivity index (χ0v) is 12.4. The Balaban J connectivity index is 3.37. The van der Waals surface area contributed by atoms with Gasteiger partial charge in [-0.25, -0.2) is 0 Å². The average molecular weight is 254 g/mol. The maximum absolute atomic E-state index is 5.56. The summed E-state index contributed by atoms with van der Waals surface area (Å²) in [5, 5.41) is 1.09. The van der Waals surface area contributed by atoms with E-state index >= 15 is 0 Å². The van der Waals surface area contributed by atoms with Gasteiger partial charge in [-0.1, -0.05) is 32.0 Å². The van der Waals surface area contributed by atoms with Gasteiger partial charge in [0.2, 0.25) is 0 Å². The van der Waals surface area contributed by atoms with Crippen molar-refractivity contribution in [1.29, 1.82) is 0 Å². The second-order valence-corrected chi connectivity index (χ2v) is 6.69. The molecule has 0 saturated heterocycles. The van der Waals surface area contributed by atoms with Gasteiger partial charge in [-0.2, -0.15) is 0 Å². The molecular weight excluding hydrogens is 232 g/mol. The SMILES string of the molecule is CCc1cccc([Si](OC)(OC)OC)c1CC. The predicted molar refractivity (Wildman–Crippen MR) is 71.6 cm³/mol. The molecule has 0 bridgehead atoms. The quantitative estimate of drug-likeness (QED) is 0.726. The number of rotatable bonds is 6. The molecule has 0 heterocycles. The second kappa shape index (κ2) is 6.30. The number of hydrogen-bond acceptors (Lipinski definition) is 3. The molecule has 0 N–H and O–H groups in total. The van der Waals surface area contributed by atoms with E-state index in [2.05, 4.69) is 26.0 Å². The van der Waals surface area contributed by atoms with E-state index in [1.54, 1.807) is 21.3 Å². The fraction of sp³-hybridized carbons (Fsp3) is 0.538. The molecule has 1 rings (SSSR count). The molecule has 0 aliphatic heterocycles. The van der Waals surface area contributed by atoms with Crippen LogP contribution in [0.4, 0.5) is 0 Å². The maximum atomic E-state index is 5.56. The first kappa shape index (κ1) is 14.4. The van der Waals surface area contributed by atoms with Crippen LogP contribution in [0, 0.1) is 0 Å². The molecule has 0 aliphatic carbocycles. The topological polar surface area (TPSA) is 27.7 Å². The molecule has 17 heavy (non-hydrogen) atoms. The smallest absolute Gasteiger partial charge is 0.373 e. The van der Waals surface area contributed by atoms with E-state index in [9.17, 15) is 0 Å². The van der Waals surface area contributed by atoms with Gasteiger partial charge in [-0.3, -0.25) is 0 Å². The van der Waals surface area contributed by atoms with Crippen LogP contribution in [0.2, 0.25) is 0 Å². The highest BCUT2D eigenvalue weighted by Crippen LogP contribution is 2.15. The lowest BCUT2D eigenvalue weighted by molar-refractivity contribution is 0.140. The van der Waals surface area contributed by atoms with Crippen molar-refractivity contribution in [1.82, 2.24) is 0 Å². The van der Waals surface area contributed by atoms with E-state index in [0.717, 1.165) is 18.0 Å². The summed E-state index contributed by atoms with van der Waals surface area (Å²) in [5.41, 5.74) is 2.64. The Morgan fingerprint density at radius 1 is 0.941 bits per heavy atom. The van der Waals surface area contributed by atoms with Crippen LogP contribution in [0.25, 0.3) is 0 Å². The van der Waals surface area contributed by atoms with Crippen LogP contribution in [0.1, 0.15) is 25.0 Å². The Bertz CT molecular complexity index is 353. The third-order valence-electron chi connectivity index (χ3n) is 3.14. The largest absolute Gasteiger partial charge is 0.536 e. The average Bonchev–Trinajstić information content (AvgIpc) is 2.41. The molecule has 0 amide bonds. The van der Waals surface area contributed by atoms with Crippen LogP contribution in [-0.4, -0.2) is 30.1 Å². The monoisotopic (exact) mass is 254 g/mol. The van der Waals surface area contributed by atoms with Gasteiger partial charge in [-0.05, 0) is 24.0 Å². The third kappa shape index (κ3) is 2.60. The molecule has 0 aromatic heterocycles. The summed E-state index contributed by atoms with van der Waals surface area (Å²) in [5.74, 6) is 0. The van der Waals surface area contributed by atoms with Crippen LogP contribution in [0.5, 0.6) is 0 Å². The molecule has 0 radical (unpaired) electrons. The highest BCUT2D eigenvalue weighted by Gasteiger charge is 2.42. The Kier molecular flexibility index (Phi) is 5.33. The molecule has 0 saturated carbocycles. The molecule has 0 spiro atoms. The molecule has 0 fully saturated rings. The second-order valence-electron chi connectivity index (χ2n) is 3.82. The van der Waals surface area contributed by atoms with Gasteiger partial charge >= 0.3 is 8.80 Å². The minimum absolute atomic E-state index is 0.962. The van der Waals surface area contributed by atoms with Crippen LogP contribution < -0.4 is 5.19 Å². The first-order valence-corrected chi connectivity index (χ1v) is 7.68. The number of aryl methyl sites for hydroxylation is 1. The Morgan fingerprint density at radius 3 is 1.94 bits per heavy atom. The zero-order chi connectivity index (χ0) is 12.9. The van der Waals surface area contributed by atoms with Crippen molar-refractivity contribution in [2.75, 3.05) is 21.3 Å². The van der Waals surface area contributed by atoms with E-state index in [4.69, 9.17) is 13.3 Å². The summed E-state index contributed by atoms with van der Waals surface area (Å²) < 4.78 is 16.7. The standard InChI is InChI=1S/C13H22O3Si/c1-6-11-9-8-10-13(12(11)7-2)17(14-3,15-4)16-5/h8-10H,6-7H2,1-5H3. The lowest BCUT2D eigenvalue weighted by Crippen LogP contribution is -2.56. The van der Waals surface area contributed by atoms with Gasteiger partial charge in [0.1, 0.15) is 0 Å². The summed E-state index contributed by atoms with van der Waals surface area (Å²) in [6.45, 7) is 4.31. The van der Waals surface area contributed by atoms with E-state index in [-0.39, 0.29) is 0 Å². The first-order chi connectivity index (χ1) is 8.18. The highest BCUT2D eigenvalue weighted by molar-refractivity contribution is 6.75. The molecule has 1 aromatic rings. The fourth-order valence-corrected chi connectivity index (χ4v) is 4.42. The molecule has 0 aliphatic rings. The van der Waals surface area contributed by atoms with Crippen LogP contribution in [0.15, 0.2) is 18.2 Å². The van der Waals surface area contributed by atoms with Crippen molar-refractivity contribution < 1.29 is 13.3 Å². The lowest BCUT2D eigenvalue weighted by atomic mass is 10.0. The lowest BCUT2D eigenvalue weighted by Gasteiger charge is -2.27. The molecule has 0 atom stereocenters. The third-order valence-corrected chi connectivity index (χ3v) is 5.88. The molecule has 0 unspecified atom stereocenters. The summed E-state index contributed by atoms with van der Waals surface area (Å²) >= 11 is 0. The van der Waals surface area contributed by atoms with Gasteiger partial charge < -0.3 is 13.3 Å². The zero-order valence-electron chi connectivity index (χ0n) is 11.4. The maximum Gasteiger partial charge on any atom is 0.536 e. The van der Waals surface area contributed by atoms with Crippen LogP contribution in [0.3, 0.4) is 0 Å². The van der Waals surface area contributed by atoms with Gasteiger partial charge in [0.05, 0.1) is 0 Å². The van der Waals surface area contributed by atoms with Gasteiger partial charge in [0, 0.05) is 26.5 Å². The van der Waals surface area contributed by atoms with Crippen molar-refractivity contribution in [3.05, 3.63) is 29.3 Å². The summed E-state index contributed by atoms with van der Waals surface area (Å²) in [6.07, 6.45) is 1.98. The first-order valence-electron chi connectivity index (χ1n) is 5.95. The van der Waals surface area contributed by atoms with Crippen molar-refractivity contribution in [2.24, 2.45) is 0 Å². The number of hydrogen-bond donors (Lipinski definition) is 0. The molecular formula is C13H22O3Si. The van der Waals surface area contributed by atoms with Crippen molar-refractivity contribution in [2.45, 2.75) is 26.7 Å². The Morgan fingerprint density at radius 2 is 1.53 bits per heavy atom. The summed E-state index contributed by atoms with van der Waals surface area (Å²) in [6, 6.07) is 6.26. The van der Waals surface area contributed by atoms with E-state index in [0.29, 0.717) is 0 Å². The normalized spacial score (nSPS) is 11.8. The minimum Gasteiger partial charge on any atom is -0.373 e. The van der Waals surface area contributed by atoms with Crippen molar-refractivity contribution in [3.63, 3.8) is 0 Å². The van der Waals surface area contributed by atoms with Crippen molar-refractivity contribution in [3.8, 4) is 0 Å². The predicted octanol–water partition coefficient (Wildman–Crippen LogP) is 1.90. The van der Waals surface area contributed by atoms with Crippen LogP contribution in [-0.2, 0) is 26.1 Å². The fourth-order valence-electron chi connectivity index (χ4n) is 2.25.